The molecule has 1 aromatic rings. The third-order valence-corrected chi connectivity index (χ3v) is 6.38. The lowest BCUT2D eigenvalue weighted by Gasteiger charge is -2.55. The minimum atomic E-state index is -0.0401. The molecular formula is C20H22O3. The normalized spacial score (nSPS) is 36.8. The summed E-state index contributed by atoms with van der Waals surface area (Å²) in [6.45, 7) is 0.286. The van der Waals surface area contributed by atoms with E-state index in [1.54, 1.807) is 0 Å². The molecule has 6 rings (SSSR count). The molecule has 0 atom stereocenters. The fraction of sp³-hybridized carbons (Fsp3) is 0.550. The minimum Gasteiger partial charge on any atom is -0.454 e. The fourth-order valence-corrected chi connectivity index (χ4v) is 5.78. The standard InChI is InChI=1S/C20H22O3/c21-19(4-2-13-1-3-17-18(8-13)23-12-22-17)20-9-14-5-15(10-20)7-16(6-14)11-20/h1-4,8,14-16H,5-7,9-12H2. The maximum atomic E-state index is 13.0. The first-order valence-electron chi connectivity index (χ1n) is 8.82. The molecule has 4 saturated carbocycles. The molecule has 120 valence electrons. The lowest BCUT2D eigenvalue weighted by Crippen LogP contribution is -2.49. The third-order valence-electron chi connectivity index (χ3n) is 6.38. The van der Waals surface area contributed by atoms with Crippen molar-refractivity contribution in [3.05, 3.63) is 29.8 Å². The Morgan fingerprint density at radius 2 is 1.65 bits per heavy atom. The van der Waals surface area contributed by atoms with Gasteiger partial charge in [0.1, 0.15) is 0 Å². The molecule has 0 N–H and O–H groups in total. The number of fused-ring (bicyclic) bond motifs is 1. The molecule has 4 bridgehead atoms. The predicted molar refractivity (Wildman–Crippen MR) is 87.2 cm³/mol. The number of ether oxygens (including phenoxy) is 2. The topological polar surface area (TPSA) is 35.5 Å². The second kappa shape index (κ2) is 4.86. The summed E-state index contributed by atoms with van der Waals surface area (Å²) >= 11 is 0. The summed E-state index contributed by atoms with van der Waals surface area (Å²) in [5.74, 6) is 4.34. The van der Waals surface area contributed by atoms with Gasteiger partial charge in [-0.1, -0.05) is 12.1 Å². The lowest BCUT2D eigenvalue weighted by atomic mass is 9.48. The molecule has 5 aliphatic rings. The highest BCUT2D eigenvalue weighted by Crippen LogP contribution is 2.60. The zero-order valence-electron chi connectivity index (χ0n) is 13.3. The first-order valence-corrected chi connectivity index (χ1v) is 8.82. The largest absolute Gasteiger partial charge is 0.454 e. The van der Waals surface area contributed by atoms with E-state index in [4.69, 9.17) is 9.47 Å². The van der Waals surface area contributed by atoms with Crippen LogP contribution in [0.4, 0.5) is 0 Å². The maximum absolute atomic E-state index is 13.0. The summed E-state index contributed by atoms with van der Waals surface area (Å²) in [5.41, 5.74) is 0.967. The van der Waals surface area contributed by atoms with E-state index in [2.05, 4.69) is 0 Å². The molecule has 0 aromatic heterocycles. The molecule has 0 spiro atoms. The highest BCUT2D eigenvalue weighted by atomic mass is 16.7. The van der Waals surface area contributed by atoms with Gasteiger partial charge in [0.15, 0.2) is 17.3 Å². The van der Waals surface area contributed by atoms with Gasteiger partial charge in [0.05, 0.1) is 0 Å². The van der Waals surface area contributed by atoms with Crippen LogP contribution in [-0.2, 0) is 4.79 Å². The van der Waals surface area contributed by atoms with Gasteiger partial charge in [-0.15, -0.1) is 0 Å². The van der Waals surface area contributed by atoms with Crippen molar-refractivity contribution in [3.63, 3.8) is 0 Å². The van der Waals surface area contributed by atoms with E-state index in [0.29, 0.717) is 5.78 Å². The zero-order valence-corrected chi connectivity index (χ0v) is 13.3. The molecule has 1 aliphatic heterocycles. The number of rotatable bonds is 3. The van der Waals surface area contributed by atoms with Crippen LogP contribution in [0.1, 0.15) is 44.1 Å². The monoisotopic (exact) mass is 310 g/mol. The molecule has 0 saturated heterocycles. The van der Waals surface area contributed by atoms with Crippen LogP contribution in [0.2, 0.25) is 0 Å². The van der Waals surface area contributed by atoms with Gasteiger partial charge in [-0.2, -0.15) is 0 Å². The van der Waals surface area contributed by atoms with E-state index < -0.39 is 0 Å². The fourth-order valence-electron chi connectivity index (χ4n) is 5.78. The van der Waals surface area contributed by atoms with Crippen LogP contribution in [0.3, 0.4) is 0 Å². The van der Waals surface area contributed by atoms with E-state index in [1.165, 1.54) is 19.3 Å². The summed E-state index contributed by atoms with van der Waals surface area (Å²) in [6, 6.07) is 5.85. The van der Waals surface area contributed by atoms with Crippen molar-refractivity contribution < 1.29 is 14.3 Å². The molecule has 0 amide bonds. The van der Waals surface area contributed by atoms with Gasteiger partial charge in [-0.3, -0.25) is 4.79 Å². The summed E-state index contributed by atoms with van der Waals surface area (Å²) < 4.78 is 10.7. The van der Waals surface area contributed by atoms with Gasteiger partial charge >= 0.3 is 0 Å². The van der Waals surface area contributed by atoms with Crippen molar-refractivity contribution in [1.82, 2.24) is 0 Å². The Morgan fingerprint density at radius 1 is 1.00 bits per heavy atom. The highest BCUT2D eigenvalue weighted by molar-refractivity contribution is 5.98. The molecular weight excluding hydrogens is 288 g/mol. The van der Waals surface area contributed by atoms with Crippen LogP contribution in [0.25, 0.3) is 6.08 Å². The van der Waals surface area contributed by atoms with Gasteiger partial charge in [0.2, 0.25) is 6.79 Å². The average Bonchev–Trinajstić information content (AvgIpc) is 2.99. The van der Waals surface area contributed by atoms with E-state index >= 15 is 0 Å². The second-order valence-corrected chi connectivity index (χ2v) is 8.01. The molecule has 3 nitrogen and oxygen atoms in total. The SMILES string of the molecule is O=C(C=Cc1ccc2c(c1)OCO2)C12CC3CC(CC(C3)C1)C2. The number of allylic oxidation sites excluding steroid dienone is 1. The maximum Gasteiger partial charge on any atom is 0.231 e. The van der Waals surface area contributed by atoms with Crippen molar-refractivity contribution >= 4 is 11.9 Å². The van der Waals surface area contributed by atoms with E-state index in [0.717, 1.165) is 54.1 Å². The van der Waals surface area contributed by atoms with Crippen LogP contribution in [0, 0.1) is 23.2 Å². The summed E-state index contributed by atoms with van der Waals surface area (Å²) in [5, 5.41) is 0. The predicted octanol–water partition coefficient (Wildman–Crippen LogP) is 4.21. The van der Waals surface area contributed by atoms with Crippen molar-refractivity contribution in [1.29, 1.82) is 0 Å². The number of hydrogen-bond donors (Lipinski definition) is 0. The molecule has 3 heteroatoms. The Morgan fingerprint density at radius 3 is 2.35 bits per heavy atom. The molecule has 23 heavy (non-hydrogen) atoms. The van der Waals surface area contributed by atoms with Crippen molar-refractivity contribution in [3.8, 4) is 11.5 Å². The van der Waals surface area contributed by atoms with Crippen molar-refractivity contribution in [2.24, 2.45) is 23.2 Å². The van der Waals surface area contributed by atoms with Crippen molar-refractivity contribution in [2.45, 2.75) is 38.5 Å². The molecule has 1 heterocycles. The van der Waals surface area contributed by atoms with E-state index in [9.17, 15) is 4.79 Å². The van der Waals surface area contributed by atoms with Crippen LogP contribution in [0.5, 0.6) is 11.5 Å². The number of ketones is 1. The zero-order chi connectivity index (χ0) is 15.4. The van der Waals surface area contributed by atoms with Crippen LogP contribution < -0.4 is 9.47 Å². The number of benzene rings is 1. The van der Waals surface area contributed by atoms with Crippen molar-refractivity contribution in [2.75, 3.05) is 6.79 Å². The van der Waals surface area contributed by atoms with Gasteiger partial charge in [-0.25, -0.2) is 0 Å². The summed E-state index contributed by atoms with van der Waals surface area (Å²) in [4.78, 5) is 13.0. The van der Waals surface area contributed by atoms with Crippen LogP contribution >= 0.6 is 0 Å². The number of carbonyl (C=O) groups is 1. The first kappa shape index (κ1) is 13.6. The molecule has 4 fully saturated rings. The second-order valence-electron chi connectivity index (χ2n) is 8.01. The van der Waals surface area contributed by atoms with Crippen LogP contribution in [-0.4, -0.2) is 12.6 Å². The summed E-state index contributed by atoms with van der Waals surface area (Å²) in [7, 11) is 0. The van der Waals surface area contributed by atoms with Crippen LogP contribution in [0.15, 0.2) is 24.3 Å². The van der Waals surface area contributed by atoms with Gasteiger partial charge < -0.3 is 9.47 Å². The quantitative estimate of drug-likeness (QED) is 0.784. The smallest absolute Gasteiger partial charge is 0.231 e. The minimum absolute atomic E-state index is 0.0401. The Hall–Kier alpha value is -1.77. The summed E-state index contributed by atoms with van der Waals surface area (Å²) in [6.07, 6.45) is 11.3. The Balaban J connectivity index is 1.37. The van der Waals surface area contributed by atoms with Gasteiger partial charge in [0.25, 0.3) is 0 Å². The third kappa shape index (κ3) is 2.20. The lowest BCUT2D eigenvalue weighted by molar-refractivity contribution is -0.138. The Kier molecular flexibility index (Phi) is 2.88. The Labute approximate surface area is 136 Å². The molecule has 4 aliphatic carbocycles. The van der Waals surface area contributed by atoms with E-state index in [-0.39, 0.29) is 12.2 Å². The first-order chi connectivity index (χ1) is 11.2. The van der Waals surface area contributed by atoms with E-state index in [1.807, 2.05) is 30.4 Å². The Bertz CT molecular complexity index is 653. The average molecular weight is 310 g/mol. The molecule has 1 aromatic carbocycles. The highest BCUT2D eigenvalue weighted by Gasteiger charge is 2.53. The molecule has 0 radical (unpaired) electrons. The number of carbonyl (C=O) groups excluding carboxylic acids is 1. The van der Waals surface area contributed by atoms with Gasteiger partial charge in [-0.05, 0) is 80.1 Å². The molecule has 0 unspecified atom stereocenters. The number of hydrogen-bond acceptors (Lipinski definition) is 3. The van der Waals surface area contributed by atoms with Gasteiger partial charge in [0, 0.05) is 5.41 Å².